The molecule has 1 aromatic carbocycles. The van der Waals surface area contributed by atoms with Crippen molar-refractivity contribution in [2.24, 2.45) is 0 Å². The summed E-state index contributed by atoms with van der Waals surface area (Å²) in [7, 11) is 0. The van der Waals surface area contributed by atoms with Crippen molar-refractivity contribution in [1.82, 2.24) is 9.97 Å². The number of anilines is 1. The number of H-pyrrole nitrogens is 1. The highest BCUT2D eigenvalue weighted by Gasteiger charge is 2.38. The summed E-state index contributed by atoms with van der Waals surface area (Å²) in [5.74, 6) is 0.891. The lowest BCUT2D eigenvalue weighted by Crippen LogP contribution is -2.38. The van der Waals surface area contributed by atoms with Gasteiger partial charge in [0.2, 0.25) is 0 Å². The number of hydrogen-bond donors (Lipinski definition) is 2. The molecule has 2 heterocycles. The van der Waals surface area contributed by atoms with E-state index in [1.165, 1.54) is 6.07 Å². The molecule has 1 aliphatic rings. The summed E-state index contributed by atoms with van der Waals surface area (Å²) in [4.78, 5) is 18.9. The Morgan fingerprint density at radius 2 is 1.90 bits per heavy atom. The normalized spacial score (nSPS) is 17.8. The highest BCUT2D eigenvalue weighted by atomic mass is 16.5. The van der Waals surface area contributed by atoms with Crippen molar-refractivity contribution in [1.29, 1.82) is 0 Å². The second-order valence-corrected chi connectivity index (χ2v) is 5.08. The Morgan fingerprint density at radius 1 is 1.20 bits per heavy atom. The Balaban J connectivity index is 2.17. The van der Waals surface area contributed by atoms with Crippen LogP contribution < -0.4 is 11.3 Å². The lowest BCUT2D eigenvalue weighted by atomic mass is 9.73. The Kier molecular flexibility index (Phi) is 3.28. The molecule has 0 bridgehead atoms. The quantitative estimate of drug-likeness (QED) is 0.866. The topological polar surface area (TPSA) is 81.0 Å². The third kappa shape index (κ3) is 2.20. The lowest BCUT2D eigenvalue weighted by molar-refractivity contribution is 0.0604. The Bertz CT molecular complexity index is 646. The molecule has 0 amide bonds. The minimum absolute atomic E-state index is 0.214. The molecule has 3 N–H and O–H groups in total. The van der Waals surface area contributed by atoms with Gasteiger partial charge in [0.25, 0.3) is 5.56 Å². The third-order valence-corrected chi connectivity index (χ3v) is 3.89. The summed E-state index contributed by atoms with van der Waals surface area (Å²) < 4.78 is 5.48. The molecule has 1 aromatic heterocycles. The van der Waals surface area contributed by atoms with Crippen molar-refractivity contribution in [3.63, 3.8) is 0 Å². The van der Waals surface area contributed by atoms with Crippen molar-refractivity contribution < 1.29 is 4.74 Å². The van der Waals surface area contributed by atoms with Gasteiger partial charge in [-0.3, -0.25) is 4.79 Å². The van der Waals surface area contributed by atoms with E-state index in [2.05, 4.69) is 22.1 Å². The maximum atomic E-state index is 11.7. The first-order valence-corrected chi connectivity index (χ1v) is 6.71. The van der Waals surface area contributed by atoms with Gasteiger partial charge >= 0.3 is 0 Å². The first kappa shape index (κ1) is 12.9. The molecule has 0 atom stereocenters. The van der Waals surface area contributed by atoms with Crippen LogP contribution in [0.25, 0.3) is 0 Å². The van der Waals surface area contributed by atoms with Crippen molar-refractivity contribution in [3.05, 3.63) is 58.1 Å². The highest BCUT2D eigenvalue weighted by molar-refractivity contribution is 5.36. The smallest absolute Gasteiger partial charge is 0.252 e. The van der Waals surface area contributed by atoms with E-state index < -0.39 is 0 Å². The molecule has 1 saturated heterocycles. The molecule has 0 spiro atoms. The van der Waals surface area contributed by atoms with Gasteiger partial charge in [-0.25, -0.2) is 4.98 Å². The van der Waals surface area contributed by atoms with Crippen molar-refractivity contribution >= 4 is 5.82 Å². The van der Waals surface area contributed by atoms with E-state index in [0.717, 1.165) is 18.4 Å². The summed E-state index contributed by atoms with van der Waals surface area (Å²) in [6, 6.07) is 11.4. The molecule has 1 aliphatic heterocycles. The van der Waals surface area contributed by atoms with Crippen LogP contribution in [-0.2, 0) is 10.2 Å². The van der Waals surface area contributed by atoms with Crippen LogP contribution >= 0.6 is 0 Å². The maximum Gasteiger partial charge on any atom is 0.252 e. The molecule has 3 rings (SSSR count). The first-order chi connectivity index (χ1) is 9.71. The number of ether oxygens (including phenoxy) is 1. The van der Waals surface area contributed by atoms with Crippen LogP contribution in [0.4, 0.5) is 5.82 Å². The van der Waals surface area contributed by atoms with Crippen LogP contribution in [-0.4, -0.2) is 23.2 Å². The van der Waals surface area contributed by atoms with Gasteiger partial charge in [-0.15, -0.1) is 0 Å². The van der Waals surface area contributed by atoms with E-state index in [9.17, 15) is 4.79 Å². The van der Waals surface area contributed by atoms with Gasteiger partial charge in [-0.2, -0.15) is 0 Å². The number of aromatic amines is 1. The fourth-order valence-corrected chi connectivity index (χ4v) is 2.84. The van der Waals surface area contributed by atoms with Crippen LogP contribution in [0.1, 0.15) is 24.2 Å². The molecule has 2 aromatic rings. The fraction of sp³-hybridized carbons (Fsp3) is 0.333. The zero-order valence-electron chi connectivity index (χ0n) is 11.1. The number of rotatable bonds is 2. The van der Waals surface area contributed by atoms with E-state index in [-0.39, 0.29) is 16.8 Å². The molecule has 104 valence electrons. The molecule has 0 aliphatic carbocycles. The zero-order chi connectivity index (χ0) is 14.0. The Hall–Kier alpha value is -2.14. The van der Waals surface area contributed by atoms with Crippen LogP contribution in [0.3, 0.4) is 0 Å². The Morgan fingerprint density at radius 3 is 2.55 bits per heavy atom. The van der Waals surface area contributed by atoms with Gasteiger partial charge in [0, 0.05) is 19.3 Å². The molecule has 0 saturated carbocycles. The van der Waals surface area contributed by atoms with Crippen LogP contribution in [0.5, 0.6) is 0 Å². The van der Waals surface area contributed by atoms with Gasteiger partial charge < -0.3 is 15.5 Å². The average Bonchev–Trinajstić information content (AvgIpc) is 2.48. The van der Waals surface area contributed by atoms with Gasteiger partial charge in [0.05, 0.1) is 5.41 Å². The molecule has 1 fully saturated rings. The molecule has 0 radical (unpaired) electrons. The van der Waals surface area contributed by atoms with Gasteiger partial charge in [0.15, 0.2) is 0 Å². The third-order valence-electron chi connectivity index (χ3n) is 3.89. The van der Waals surface area contributed by atoms with E-state index in [4.69, 9.17) is 10.5 Å². The number of hydrogen-bond acceptors (Lipinski definition) is 4. The second kappa shape index (κ2) is 5.09. The molecular formula is C15H17N3O2. The minimum Gasteiger partial charge on any atom is -0.383 e. The molecule has 0 unspecified atom stereocenters. The number of nitrogens with two attached hydrogens (primary N) is 1. The summed E-state index contributed by atoms with van der Waals surface area (Å²) in [5.41, 5.74) is 6.34. The van der Waals surface area contributed by atoms with Crippen LogP contribution in [0, 0.1) is 0 Å². The standard InChI is InChI=1S/C15H17N3O2/c16-12-10-13(19)18-14(17-12)15(6-8-20-9-7-15)11-4-2-1-3-5-11/h1-5,10H,6-9H2,(H3,16,17,18,19). The van der Waals surface area contributed by atoms with Crippen molar-refractivity contribution in [3.8, 4) is 0 Å². The van der Waals surface area contributed by atoms with Gasteiger partial charge in [-0.05, 0) is 18.4 Å². The van der Waals surface area contributed by atoms with Gasteiger partial charge in [0.1, 0.15) is 11.6 Å². The average molecular weight is 271 g/mol. The largest absolute Gasteiger partial charge is 0.383 e. The molecular weight excluding hydrogens is 254 g/mol. The predicted octanol–water partition coefficient (Wildman–Crippen LogP) is 1.45. The van der Waals surface area contributed by atoms with Crippen LogP contribution in [0.2, 0.25) is 0 Å². The van der Waals surface area contributed by atoms with Crippen molar-refractivity contribution in [2.45, 2.75) is 18.3 Å². The molecule has 5 heteroatoms. The maximum absolute atomic E-state index is 11.7. The van der Waals surface area contributed by atoms with E-state index in [1.54, 1.807) is 0 Å². The summed E-state index contributed by atoms with van der Waals surface area (Å²) in [5, 5.41) is 0. The SMILES string of the molecule is Nc1cc(=O)[nH]c(C2(c3ccccc3)CCOCC2)n1. The summed E-state index contributed by atoms with van der Waals surface area (Å²) in [6.07, 6.45) is 1.56. The monoisotopic (exact) mass is 271 g/mol. The van der Waals surface area contributed by atoms with Crippen LogP contribution in [0.15, 0.2) is 41.2 Å². The predicted molar refractivity (Wildman–Crippen MR) is 76.5 cm³/mol. The molecule has 5 nitrogen and oxygen atoms in total. The summed E-state index contributed by atoms with van der Waals surface area (Å²) in [6.45, 7) is 1.29. The highest BCUT2D eigenvalue weighted by Crippen LogP contribution is 2.39. The van der Waals surface area contributed by atoms with Gasteiger partial charge in [-0.1, -0.05) is 30.3 Å². The zero-order valence-corrected chi connectivity index (χ0v) is 11.1. The number of aromatic nitrogens is 2. The number of nitrogen functional groups attached to an aromatic ring is 1. The minimum atomic E-state index is -0.325. The number of benzene rings is 1. The van der Waals surface area contributed by atoms with E-state index >= 15 is 0 Å². The summed E-state index contributed by atoms with van der Waals surface area (Å²) >= 11 is 0. The van der Waals surface area contributed by atoms with E-state index in [1.807, 2.05) is 18.2 Å². The molecule has 20 heavy (non-hydrogen) atoms. The second-order valence-electron chi connectivity index (χ2n) is 5.08. The number of nitrogens with zero attached hydrogens (tertiary/aromatic N) is 1. The first-order valence-electron chi connectivity index (χ1n) is 6.71. The van der Waals surface area contributed by atoms with E-state index in [0.29, 0.717) is 19.0 Å². The Labute approximate surface area is 116 Å². The van der Waals surface area contributed by atoms with Crippen molar-refractivity contribution in [2.75, 3.05) is 18.9 Å². The number of nitrogens with one attached hydrogen (secondary N) is 1. The lowest BCUT2D eigenvalue weighted by Gasteiger charge is -2.36. The fourth-order valence-electron chi connectivity index (χ4n) is 2.84.